The SMILES string of the molecule is C=C.CC.CC(C)(C)OC(=O)N1CCN2CC(c3ccc4c(c3)CCOC4=O)OC[C@H]2C1.[HH]. The van der Waals surface area contributed by atoms with Crippen molar-refractivity contribution in [3.8, 4) is 0 Å². The van der Waals surface area contributed by atoms with Gasteiger partial charge in [-0.15, -0.1) is 13.2 Å². The van der Waals surface area contributed by atoms with Gasteiger partial charge >= 0.3 is 12.1 Å². The van der Waals surface area contributed by atoms with Crippen LogP contribution in [-0.4, -0.2) is 72.9 Å². The first kappa shape index (κ1) is 25.9. The number of morpholine rings is 1. The average Bonchev–Trinajstić information content (AvgIpc) is 2.80. The average molecular weight is 449 g/mol. The van der Waals surface area contributed by atoms with Crippen LogP contribution in [0.5, 0.6) is 0 Å². The highest BCUT2D eigenvalue weighted by Crippen LogP contribution is 2.29. The first-order valence-electron chi connectivity index (χ1n) is 11.4. The standard InChI is InChI=1S/C21H28N2O5.C2H6.C2H4.H2/c1-21(2,3)28-20(25)23-8-7-22-12-18(27-13-16(22)11-23)15-4-5-17-14(10-15)6-9-26-19(17)24;2*1-2;/h4-5,10,16,18H,6-9,11-13H2,1-3H3;1-2H3;1-2H2;1H/t16-,18?;;;/m1.../s1. The Bertz CT molecular complexity index is 795. The molecule has 0 saturated carbocycles. The lowest BCUT2D eigenvalue weighted by atomic mass is 9.96. The van der Waals surface area contributed by atoms with Gasteiger partial charge in [0.2, 0.25) is 0 Å². The Labute approximate surface area is 193 Å². The van der Waals surface area contributed by atoms with Crippen LogP contribution in [0, 0.1) is 0 Å². The minimum atomic E-state index is -0.485. The van der Waals surface area contributed by atoms with Crippen LogP contribution >= 0.6 is 0 Å². The molecule has 180 valence electrons. The molecular formula is C25H40N2O5. The van der Waals surface area contributed by atoms with Crippen LogP contribution in [-0.2, 0) is 20.6 Å². The third-order valence-electron chi connectivity index (χ3n) is 5.47. The van der Waals surface area contributed by atoms with Crippen molar-refractivity contribution in [3.63, 3.8) is 0 Å². The van der Waals surface area contributed by atoms with E-state index in [0.717, 1.165) is 30.6 Å². The number of cyclic esters (lactones) is 1. The maximum Gasteiger partial charge on any atom is 0.410 e. The van der Waals surface area contributed by atoms with E-state index in [2.05, 4.69) is 24.1 Å². The number of fused-ring (bicyclic) bond motifs is 2. The van der Waals surface area contributed by atoms with Gasteiger partial charge in [-0.05, 0) is 38.0 Å². The third kappa shape index (κ3) is 6.33. The van der Waals surface area contributed by atoms with Gasteiger partial charge in [0.15, 0.2) is 0 Å². The fourth-order valence-corrected chi connectivity index (χ4v) is 4.03. The number of ether oxygens (including phenoxy) is 3. The van der Waals surface area contributed by atoms with Gasteiger partial charge < -0.3 is 19.1 Å². The summed E-state index contributed by atoms with van der Waals surface area (Å²) in [5, 5.41) is 0. The molecule has 0 radical (unpaired) electrons. The Morgan fingerprint density at radius 1 is 1.19 bits per heavy atom. The molecule has 0 N–H and O–H groups in total. The van der Waals surface area contributed by atoms with E-state index in [1.807, 2.05) is 46.8 Å². The minimum absolute atomic E-state index is 0. The first-order valence-corrected chi connectivity index (χ1v) is 11.4. The topological polar surface area (TPSA) is 68.3 Å². The van der Waals surface area contributed by atoms with Gasteiger partial charge in [0, 0.05) is 34.0 Å². The Morgan fingerprint density at radius 2 is 1.91 bits per heavy atom. The van der Waals surface area contributed by atoms with Crippen molar-refractivity contribution in [3.05, 3.63) is 48.0 Å². The highest BCUT2D eigenvalue weighted by atomic mass is 16.6. The van der Waals surface area contributed by atoms with E-state index in [-0.39, 0.29) is 25.6 Å². The van der Waals surface area contributed by atoms with Crippen LogP contribution < -0.4 is 0 Å². The summed E-state index contributed by atoms with van der Waals surface area (Å²) >= 11 is 0. The molecule has 3 aliphatic heterocycles. The molecule has 2 saturated heterocycles. The molecule has 1 amide bonds. The monoisotopic (exact) mass is 448 g/mol. The smallest absolute Gasteiger partial charge is 0.410 e. The molecule has 0 aromatic heterocycles. The second kappa shape index (κ2) is 11.5. The van der Waals surface area contributed by atoms with E-state index >= 15 is 0 Å². The molecule has 7 nitrogen and oxygen atoms in total. The van der Waals surface area contributed by atoms with Crippen molar-refractivity contribution < 1.29 is 25.2 Å². The molecule has 2 atom stereocenters. The summed E-state index contributed by atoms with van der Waals surface area (Å²) in [6, 6.07) is 6.08. The molecular weight excluding hydrogens is 408 g/mol. The summed E-state index contributed by atoms with van der Waals surface area (Å²) in [4.78, 5) is 28.3. The normalized spacial score (nSPS) is 22.7. The number of carbonyl (C=O) groups excluding carboxylic acids is 2. The zero-order chi connectivity index (χ0) is 23.9. The number of amides is 1. The van der Waals surface area contributed by atoms with Crippen molar-refractivity contribution in [2.75, 3.05) is 39.4 Å². The lowest BCUT2D eigenvalue weighted by molar-refractivity contribution is -0.0906. The number of hydrogen-bond donors (Lipinski definition) is 0. The lowest BCUT2D eigenvalue weighted by Crippen LogP contribution is -2.60. The molecule has 7 heteroatoms. The molecule has 1 aromatic rings. The number of esters is 1. The zero-order valence-electron chi connectivity index (χ0n) is 20.2. The number of nitrogens with zero attached hydrogens (tertiary/aromatic N) is 2. The Balaban J connectivity index is 0.00000103. The molecule has 3 aliphatic rings. The summed E-state index contributed by atoms with van der Waals surface area (Å²) in [6.45, 7) is 19.5. The van der Waals surface area contributed by atoms with E-state index in [4.69, 9.17) is 14.2 Å². The quantitative estimate of drug-likeness (QED) is 0.467. The number of rotatable bonds is 1. The fourth-order valence-electron chi connectivity index (χ4n) is 4.03. The summed E-state index contributed by atoms with van der Waals surface area (Å²) in [5.74, 6) is -0.240. The Morgan fingerprint density at radius 3 is 2.59 bits per heavy atom. The van der Waals surface area contributed by atoms with Crippen molar-refractivity contribution in [1.29, 1.82) is 0 Å². The first-order chi connectivity index (χ1) is 15.3. The predicted molar refractivity (Wildman–Crippen MR) is 127 cm³/mol. The molecule has 2 fully saturated rings. The zero-order valence-corrected chi connectivity index (χ0v) is 20.2. The van der Waals surface area contributed by atoms with Crippen LogP contribution in [0.2, 0.25) is 0 Å². The van der Waals surface area contributed by atoms with Gasteiger partial charge in [-0.25, -0.2) is 9.59 Å². The van der Waals surface area contributed by atoms with Gasteiger partial charge in [-0.3, -0.25) is 4.90 Å². The minimum Gasteiger partial charge on any atom is -0.462 e. The number of benzene rings is 1. The molecule has 0 spiro atoms. The van der Waals surface area contributed by atoms with E-state index in [1.54, 1.807) is 4.90 Å². The van der Waals surface area contributed by atoms with Crippen LogP contribution in [0.25, 0.3) is 0 Å². The van der Waals surface area contributed by atoms with Crippen LogP contribution in [0.4, 0.5) is 4.79 Å². The van der Waals surface area contributed by atoms with E-state index in [0.29, 0.717) is 31.9 Å². The maximum absolute atomic E-state index is 12.3. The van der Waals surface area contributed by atoms with Crippen molar-refractivity contribution in [1.82, 2.24) is 9.80 Å². The number of piperazine rings is 1. The third-order valence-corrected chi connectivity index (χ3v) is 5.47. The Kier molecular flexibility index (Phi) is 9.28. The summed E-state index contributed by atoms with van der Waals surface area (Å²) in [6.07, 6.45) is 0.474. The molecule has 1 unspecified atom stereocenters. The molecule has 3 heterocycles. The molecule has 0 aliphatic carbocycles. The molecule has 4 rings (SSSR count). The number of hydrogen-bond acceptors (Lipinski definition) is 6. The highest BCUT2D eigenvalue weighted by Gasteiger charge is 2.37. The fraction of sp³-hybridized carbons (Fsp3) is 0.600. The largest absolute Gasteiger partial charge is 0.462 e. The lowest BCUT2D eigenvalue weighted by Gasteiger charge is -2.46. The van der Waals surface area contributed by atoms with Gasteiger partial charge in [0.05, 0.1) is 30.9 Å². The van der Waals surface area contributed by atoms with Gasteiger partial charge in [-0.1, -0.05) is 26.0 Å². The van der Waals surface area contributed by atoms with Crippen LogP contribution in [0.1, 0.15) is 63.6 Å². The molecule has 0 bridgehead atoms. The molecule has 1 aromatic carbocycles. The summed E-state index contributed by atoms with van der Waals surface area (Å²) in [5.41, 5.74) is 2.31. The summed E-state index contributed by atoms with van der Waals surface area (Å²) in [7, 11) is 0. The van der Waals surface area contributed by atoms with Gasteiger partial charge in [0.25, 0.3) is 0 Å². The second-order valence-corrected chi connectivity index (χ2v) is 8.70. The second-order valence-electron chi connectivity index (χ2n) is 8.70. The van der Waals surface area contributed by atoms with Crippen molar-refractivity contribution in [2.24, 2.45) is 0 Å². The van der Waals surface area contributed by atoms with Crippen LogP contribution in [0.3, 0.4) is 0 Å². The van der Waals surface area contributed by atoms with Crippen LogP contribution in [0.15, 0.2) is 31.4 Å². The van der Waals surface area contributed by atoms with Crippen molar-refractivity contribution in [2.45, 2.75) is 58.8 Å². The van der Waals surface area contributed by atoms with Gasteiger partial charge in [-0.2, -0.15) is 0 Å². The maximum atomic E-state index is 12.3. The highest BCUT2D eigenvalue weighted by molar-refractivity contribution is 5.92. The van der Waals surface area contributed by atoms with E-state index < -0.39 is 5.60 Å². The predicted octanol–water partition coefficient (Wildman–Crippen LogP) is 4.47. The summed E-state index contributed by atoms with van der Waals surface area (Å²) < 4.78 is 16.7. The number of carbonyl (C=O) groups is 2. The van der Waals surface area contributed by atoms with E-state index in [1.165, 1.54) is 0 Å². The van der Waals surface area contributed by atoms with Crippen molar-refractivity contribution >= 4 is 12.1 Å². The Hall–Kier alpha value is -2.38. The van der Waals surface area contributed by atoms with Gasteiger partial charge in [0.1, 0.15) is 5.60 Å². The molecule has 32 heavy (non-hydrogen) atoms. The van der Waals surface area contributed by atoms with E-state index in [9.17, 15) is 9.59 Å².